The Kier molecular flexibility index (Phi) is 10.0. The zero-order valence-electron chi connectivity index (χ0n) is 15.5. The molecule has 9 heteroatoms. The topological polar surface area (TPSA) is 113 Å². The van der Waals surface area contributed by atoms with Gasteiger partial charge in [-0.25, -0.2) is 9.13 Å². The van der Waals surface area contributed by atoms with Crippen LogP contribution in [0.1, 0.15) is 54.7 Å². The van der Waals surface area contributed by atoms with E-state index in [4.69, 9.17) is 16.1 Å². The van der Waals surface area contributed by atoms with Crippen LogP contribution in [0, 0.1) is 0 Å². The average molecular weight is 383 g/mol. The molecule has 140 valence electrons. The van der Waals surface area contributed by atoms with Gasteiger partial charge in [-0.1, -0.05) is 34.9 Å². The van der Waals surface area contributed by atoms with Gasteiger partial charge in [-0.3, -0.25) is 4.52 Å². The molecule has 0 rings (SSSR count). The Bertz CT molecular complexity index is 603. The van der Waals surface area contributed by atoms with Gasteiger partial charge in [0.05, 0.1) is 7.95 Å². The van der Waals surface area contributed by atoms with Gasteiger partial charge in [0.1, 0.15) is 0 Å². The molecule has 0 aromatic heterocycles. The summed E-state index contributed by atoms with van der Waals surface area (Å²) in [4.78, 5) is 26.2. The molecule has 7 nitrogen and oxygen atoms in total. The van der Waals surface area contributed by atoms with Crippen LogP contribution >= 0.6 is 15.6 Å². The molecule has 0 radical (unpaired) electrons. The maximum Gasteiger partial charge on any atom is 0.481 e. The van der Waals surface area contributed by atoms with Crippen LogP contribution < -0.4 is 0 Å². The number of phosphoric acid groups is 2. The summed E-state index contributed by atoms with van der Waals surface area (Å²) in [5.74, 6) is 0. The third-order valence-electron chi connectivity index (χ3n) is 2.88. The van der Waals surface area contributed by atoms with Crippen LogP contribution in [-0.2, 0) is 18.0 Å². The van der Waals surface area contributed by atoms with E-state index in [1.165, 1.54) is 17.2 Å². The molecule has 0 fully saturated rings. The maximum atomic E-state index is 11.3. The molecule has 0 saturated heterocycles. The third-order valence-corrected chi connectivity index (χ3v) is 4.94. The molecule has 0 saturated carbocycles. The summed E-state index contributed by atoms with van der Waals surface area (Å²) >= 11 is 0. The monoisotopic (exact) mass is 383 g/mol. The van der Waals surface area contributed by atoms with Gasteiger partial charge in [0, 0.05) is 0 Å². The molecular formula is C15H28O7P2. The van der Waals surface area contributed by atoms with E-state index in [0.29, 0.717) is 6.42 Å². The van der Waals surface area contributed by atoms with Crippen LogP contribution in [0.2, 0.25) is 0 Å². The standard InChI is InChI=1S/C15H28O7P2/c1-13(2)7-5-8-14(3)9-6-10-15(4)11-12-21-24(19,20)22-23(16,17)18/h7,9,11H,5-6,8,10,12H2,1-4H3,(H,19,20)(H2,16,17,18)/b14-9-,15-11+/i12D. The van der Waals surface area contributed by atoms with Gasteiger partial charge in [0.15, 0.2) is 0 Å². The van der Waals surface area contributed by atoms with E-state index < -0.39 is 22.2 Å². The first kappa shape index (κ1) is 21.5. The summed E-state index contributed by atoms with van der Waals surface area (Å²) < 4.78 is 37.4. The van der Waals surface area contributed by atoms with Crippen LogP contribution in [-0.4, -0.2) is 21.3 Å². The number of hydrogen-bond acceptors (Lipinski definition) is 4. The van der Waals surface area contributed by atoms with E-state index in [2.05, 4.69) is 41.8 Å². The number of phosphoric ester groups is 1. The molecule has 0 aromatic carbocycles. The quantitative estimate of drug-likeness (QED) is 0.352. The Morgan fingerprint density at radius 1 is 0.958 bits per heavy atom. The highest BCUT2D eigenvalue weighted by Crippen LogP contribution is 2.57. The average Bonchev–Trinajstić information content (AvgIpc) is 2.33. The van der Waals surface area contributed by atoms with E-state index in [-0.39, 0.29) is 0 Å². The van der Waals surface area contributed by atoms with Crippen molar-refractivity contribution in [2.24, 2.45) is 0 Å². The van der Waals surface area contributed by atoms with Crippen molar-refractivity contribution in [3.63, 3.8) is 0 Å². The van der Waals surface area contributed by atoms with E-state index in [1.54, 1.807) is 6.92 Å². The third kappa shape index (κ3) is 15.0. The minimum absolute atomic E-state index is 0.633. The molecule has 0 aromatic rings. The number of hydrogen-bond donors (Lipinski definition) is 3. The molecule has 0 spiro atoms. The Labute approximate surface area is 145 Å². The van der Waals surface area contributed by atoms with Crippen molar-refractivity contribution in [1.29, 1.82) is 0 Å². The second-order valence-electron chi connectivity index (χ2n) is 5.70. The minimum Gasteiger partial charge on any atom is -0.302 e. The summed E-state index contributed by atoms with van der Waals surface area (Å²) in [5, 5.41) is 0. The van der Waals surface area contributed by atoms with E-state index in [1.807, 2.05) is 0 Å². The van der Waals surface area contributed by atoms with E-state index in [9.17, 15) is 9.13 Å². The van der Waals surface area contributed by atoms with E-state index >= 15 is 0 Å². The summed E-state index contributed by atoms with van der Waals surface area (Å²) in [5.41, 5.74) is 3.31. The predicted molar refractivity (Wildman–Crippen MR) is 94.3 cm³/mol. The molecule has 0 aliphatic heterocycles. The van der Waals surface area contributed by atoms with Crippen LogP contribution in [0.25, 0.3) is 0 Å². The molecule has 0 aliphatic rings. The fourth-order valence-electron chi connectivity index (χ4n) is 1.70. The van der Waals surface area contributed by atoms with Gasteiger partial charge < -0.3 is 14.7 Å². The molecule has 2 unspecified atom stereocenters. The fourth-order valence-corrected chi connectivity index (χ4v) is 3.14. The molecule has 0 bridgehead atoms. The zero-order chi connectivity index (χ0) is 19.7. The van der Waals surface area contributed by atoms with Crippen LogP contribution in [0.15, 0.2) is 34.9 Å². The first-order valence-corrected chi connectivity index (χ1v) is 10.5. The summed E-state index contributed by atoms with van der Waals surface area (Å²) in [6.07, 6.45) is 8.93. The molecule has 3 N–H and O–H groups in total. The Balaban J connectivity index is 4.41. The molecule has 0 aliphatic carbocycles. The number of rotatable bonds is 11. The zero-order valence-corrected chi connectivity index (χ0v) is 16.3. The van der Waals surface area contributed by atoms with Crippen molar-refractivity contribution in [2.75, 3.05) is 6.58 Å². The summed E-state index contributed by atoms with van der Waals surface area (Å²) in [6.45, 7) is 6.34. The van der Waals surface area contributed by atoms with Gasteiger partial charge in [-0.05, 0) is 53.4 Å². The highest BCUT2D eigenvalue weighted by Gasteiger charge is 2.31. The highest BCUT2D eigenvalue weighted by atomic mass is 31.3. The molecule has 24 heavy (non-hydrogen) atoms. The first-order chi connectivity index (χ1) is 11.3. The predicted octanol–water partition coefficient (Wildman–Crippen LogP) is 4.63. The van der Waals surface area contributed by atoms with E-state index in [0.717, 1.165) is 24.8 Å². The Morgan fingerprint density at radius 3 is 1.96 bits per heavy atom. The summed E-state index contributed by atoms with van der Waals surface area (Å²) in [6, 6.07) is 0. The van der Waals surface area contributed by atoms with Crippen LogP contribution in [0.4, 0.5) is 0 Å². The van der Waals surface area contributed by atoms with Crippen LogP contribution in [0.3, 0.4) is 0 Å². The van der Waals surface area contributed by atoms with Crippen molar-refractivity contribution in [2.45, 2.75) is 53.4 Å². The lowest BCUT2D eigenvalue weighted by Gasteiger charge is -2.11. The summed E-state index contributed by atoms with van der Waals surface area (Å²) in [7, 11) is -10.2. The fraction of sp³-hybridized carbons (Fsp3) is 0.600. The normalized spacial score (nSPS) is 17.9. The first-order valence-electron chi connectivity index (χ1n) is 8.05. The maximum absolute atomic E-state index is 11.3. The second-order valence-corrected chi connectivity index (χ2v) is 8.49. The largest absolute Gasteiger partial charge is 0.481 e. The van der Waals surface area contributed by atoms with Gasteiger partial charge in [-0.15, -0.1) is 0 Å². The molecule has 2 atom stereocenters. The van der Waals surface area contributed by atoms with Gasteiger partial charge in [-0.2, -0.15) is 4.31 Å². The molecular weight excluding hydrogens is 354 g/mol. The highest BCUT2D eigenvalue weighted by molar-refractivity contribution is 7.60. The second kappa shape index (κ2) is 11.2. The number of allylic oxidation sites excluding steroid dienone is 5. The SMILES string of the molecule is [2H]C(/C=C(\C)CC/C=C(/C)CCC=C(C)C)OP(=O)(O)OP(=O)(O)O. The Hall–Kier alpha value is -0.520. The molecule has 0 heterocycles. The van der Waals surface area contributed by atoms with Crippen molar-refractivity contribution in [1.82, 2.24) is 0 Å². The van der Waals surface area contributed by atoms with Crippen LogP contribution in [0.5, 0.6) is 0 Å². The van der Waals surface area contributed by atoms with Crippen molar-refractivity contribution in [3.8, 4) is 0 Å². The van der Waals surface area contributed by atoms with Crippen molar-refractivity contribution in [3.05, 3.63) is 34.9 Å². The lowest BCUT2D eigenvalue weighted by molar-refractivity contribution is 0.191. The smallest absolute Gasteiger partial charge is 0.302 e. The van der Waals surface area contributed by atoms with Crippen molar-refractivity contribution >= 4 is 15.6 Å². The van der Waals surface area contributed by atoms with Crippen molar-refractivity contribution < 1.29 is 34.0 Å². The van der Waals surface area contributed by atoms with Gasteiger partial charge >= 0.3 is 15.6 Å². The lowest BCUT2D eigenvalue weighted by Crippen LogP contribution is -1.94. The lowest BCUT2D eigenvalue weighted by atomic mass is 10.1. The Morgan fingerprint density at radius 2 is 1.46 bits per heavy atom. The molecule has 0 amide bonds. The van der Waals surface area contributed by atoms with Gasteiger partial charge in [0.2, 0.25) is 0 Å². The van der Waals surface area contributed by atoms with Gasteiger partial charge in [0.25, 0.3) is 0 Å². The minimum atomic E-state index is -5.18.